The lowest BCUT2D eigenvalue weighted by Crippen LogP contribution is -2.48. The lowest BCUT2D eigenvalue weighted by Gasteiger charge is -2.37. The molecule has 2 N–H and O–H groups in total. The molecule has 1 atom stereocenters. The number of aromatic nitrogens is 1. The van der Waals surface area contributed by atoms with Crippen LogP contribution < -0.4 is 0 Å². The van der Waals surface area contributed by atoms with Crippen molar-refractivity contribution in [2.45, 2.75) is 40.5 Å². The van der Waals surface area contributed by atoms with Gasteiger partial charge in [-0.1, -0.05) is 0 Å². The van der Waals surface area contributed by atoms with Crippen molar-refractivity contribution in [2.75, 3.05) is 13.1 Å². The van der Waals surface area contributed by atoms with Gasteiger partial charge in [0.05, 0.1) is 5.41 Å². The van der Waals surface area contributed by atoms with Crippen LogP contribution in [0.4, 0.5) is 0 Å². The number of rotatable bonds is 3. The topological polar surface area (TPSA) is 90.5 Å². The summed E-state index contributed by atoms with van der Waals surface area (Å²) >= 11 is 0. The fourth-order valence-electron chi connectivity index (χ4n) is 3.24. The van der Waals surface area contributed by atoms with Crippen molar-refractivity contribution in [2.24, 2.45) is 5.41 Å². The molecule has 0 saturated carbocycles. The van der Waals surface area contributed by atoms with E-state index in [0.29, 0.717) is 41.9 Å². The summed E-state index contributed by atoms with van der Waals surface area (Å²) < 4.78 is 0. The number of likely N-dealkylation sites (tertiary alicyclic amines) is 1. The number of carbonyl (C=O) groups is 3. The lowest BCUT2D eigenvalue weighted by atomic mass is 9.82. The molecule has 0 spiro atoms. The first kappa shape index (κ1) is 16.3. The van der Waals surface area contributed by atoms with Gasteiger partial charge < -0.3 is 15.0 Å². The maximum absolute atomic E-state index is 12.7. The predicted octanol–water partition coefficient (Wildman–Crippen LogP) is 2.16. The fourth-order valence-corrected chi connectivity index (χ4v) is 3.24. The number of aromatic amines is 1. The second kappa shape index (κ2) is 5.59. The van der Waals surface area contributed by atoms with E-state index in [-0.39, 0.29) is 18.2 Å². The number of nitrogens with one attached hydrogen (secondary N) is 1. The number of carbonyl (C=O) groups excluding carboxylic acids is 2. The summed E-state index contributed by atoms with van der Waals surface area (Å²) in [7, 11) is 0. The Morgan fingerprint density at radius 2 is 1.91 bits per heavy atom. The molecule has 6 nitrogen and oxygen atoms in total. The molecule has 1 aliphatic heterocycles. The number of hydrogen-bond acceptors (Lipinski definition) is 3. The van der Waals surface area contributed by atoms with E-state index in [0.717, 1.165) is 0 Å². The Kier molecular flexibility index (Phi) is 4.13. The van der Waals surface area contributed by atoms with Crippen LogP contribution in [0.5, 0.6) is 0 Å². The molecular weight excluding hydrogens is 284 g/mol. The second-order valence-corrected chi connectivity index (χ2v) is 6.38. The maximum Gasteiger partial charge on any atom is 0.311 e. The molecule has 1 aliphatic rings. The number of nitrogens with zero attached hydrogens (tertiary/aromatic N) is 1. The van der Waals surface area contributed by atoms with Crippen molar-refractivity contribution in [3.05, 3.63) is 22.5 Å². The van der Waals surface area contributed by atoms with Crippen molar-refractivity contribution in [1.29, 1.82) is 0 Å². The number of H-pyrrole nitrogens is 1. The average Bonchev–Trinajstić information content (AvgIpc) is 2.73. The molecule has 22 heavy (non-hydrogen) atoms. The van der Waals surface area contributed by atoms with Gasteiger partial charge in [-0.25, -0.2) is 0 Å². The van der Waals surface area contributed by atoms with E-state index in [1.54, 1.807) is 25.7 Å². The summed E-state index contributed by atoms with van der Waals surface area (Å²) in [4.78, 5) is 40.3. The van der Waals surface area contributed by atoms with E-state index in [4.69, 9.17) is 0 Å². The minimum Gasteiger partial charge on any atom is -0.481 e. The number of aryl methyl sites for hydroxylation is 1. The normalized spacial score (nSPS) is 21.7. The van der Waals surface area contributed by atoms with Crippen molar-refractivity contribution in [1.82, 2.24) is 9.88 Å². The highest BCUT2D eigenvalue weighted by molar-refractivity contribution is 6.02. The van der Waals surface area contributed by atoms with Gasteiger partial charge in [0.1, 0.15) is 5.69 Å². The molecule has 0 aromatic carbocycles. The molecule has 0 aliphatic carbocycles. The zero-order chi connectivity index (χ0) is 16.7. The van der Waals surface area contributed by atoms with E-state index in [1.165, 1.54) is 6.92 Å². The van der Waals surface area contributed by atoms with Gasteiger partial charge >= 0.3 is 5.97 Å². The van der Waals surface area contributed by atoms with Gasteiger partial charge in [0, 0.05) is 24.3 Å². The summed E-state index contributed by atoms with van der Waals surface area (Å²) in [6.07, 6.45) is 1.22. The van der Waals surface area contributed by atoms with Gasteiger partial charge in [0.2, 0.25) is 0 Å². The maximum atomic E-state index is 12.7. The molecule has 1 unspecified atom stereocenters. The second-order valence-electron chi connectivity index (χ2n) is 6.38. The van der Waals surface area contributed by atoms with Crippen molar-refractivity contribution >= 4 is 17.7 Å². The fraction of sp³-hybridized carbons (Fsp3) is 0.562. The molecule has 2 heterocycles. The predicted molar refractivity (Wildman–Crippen MR) is 81.2 cm³/mol. The molecule has 1 saturated heterocycles. The van der Waals surface area contributed by atoms with E-state index >= 15 is 0 Å². The van der Waals surface area contributed by atoms with Crippen LogP contribution in [0.15, 0.2) is 0 Å². The number of ketones is 1. The molecule has 0 bridgehead atoms. The lowest BCUT2D eigenvalue weighted by molar-refractivity contribution is -0.150. The van der Waals surface area contributed by atoms with Crippen LogP contribution in [0.2, 0.25) is 0 Å². The van der Waals surface area contributed by atoms with E-state index < -0.39 is 11.4 Å². The summed E-state index contributed by atoms with van der Waals surface area (Å²) in [5.41, 5.74) is 1.33. The van der Waals surface area contributed by atoms with Gasteiger partial charge in [-0.2, -0.15) is 0 Å². The largest absolute Gasteiger partial charge is 0.481 e. The SMILES string of the molecule is CC(=O)c1c(C)[nH]c(C(=O)N2CCCC(C)(C(=O)O)C2)c1C. The van der Waals surface area contributed by atoms with Crippen LogP contribution >= 0.6 is 0 Å². The third-order valence-corrected chi connectivity index (χ3v) is 4.50. The first-order chi connectivity index (χ1) is 10.2. The van der Waals surface area contributed by atoms with Crippen LogP contribution in [-0.2, 0) is 4.79 Å². The molecule has 0 radical (unpaired) electrons. The van der Waals surface area contributed by atoms with Crippen LogP contribution in [0.3, 0.4) is 0 Å². The first-order valence-corrected chi connectivity index (χ1v) is 7.40. The third-order valence-electron chi connectivity index (χ3n) is 4.50. The van der Waals surface area contributed by atoms with E-state index in [9.17, 15) is 19.5 Å². The molecule has 1 amide bonds. The van der Waals surface area contributed by atoms with Gasteiger partial charge in [-0.3, -0.25) is 14.4 Å². The zero-order valence-electron chi connectivity index (χ0n) is 13.4. The number of Topliss-reactive ketones (excluding diaryl/α,β-unsaturated/α-hetero) is 1. The molecule has 1 fully saturated rings. The summed E-state index contributed by atoms with van der Waals surface area (Å²) in [6.45, 7) is 7.37. The highest BCUT2D eigenvalue weighted by atomic mass is 16.4. The zero-order valence-corrected chi connectivity index (χ0v) is 13.4. The van der Waals surface area contributed by atoms with Crippen molar-refractivity contribution < 1.29 is 19.5 Å². The Hall–Kier alpha value is -2.11. The van der Waals surface area contributed by atoms with Crippen LogP contribution in [0, 0.1) is 19.3 Å². The van der Waals surface area contributed by atoms with Crippen LogP contribution in [0.1, 0.15) is 58.8 Å². The number of aliphatic carboxylic acids is 1. The van der Waals surface area contributed by atoms with Crippen molar-refractivity contribution in [3.8, 4) is 0 Å². The number of hydrogen-bond donors (Lipinski definition) is 2. The Morgan fingerprint density at radius 3 is 2.41 bits per heavy atom. The molecule has 1 aromatic heterocycles. The van der Waals surface area contributed by atoms with Crippen LogP contribution in [-0.4, -0.2) is 45.7 Å². The number of carboxylic acids is 1. The molecular formula is C16H22N2O4. The number of piperidine rings is 1. The smallest absolute Gasteiger partial charge is 0.311 e. The van der Waals surface area contributed by atoms with Gasteiger partial charge in [-0.15, -0.1) is 0 Å². The third kappa shape index (κ3) is 2.65. The standard InChI is InChI=1S/C16H22N2O4/c1-9-12(11(3)19)10(2)17-13(9)14(20)18-7-5-6-16(4,8-18)15(21)22/h17H,5-8H2,1-4H3,(H,21,22). The van der Waals surface area contributed by atoms with Gasteiger partial charge in [-0.05, 0) is 46.1 Å². The number of amides is 1. The Bertz CT molecular complexity index is 647. The van der Waals surface area contributed by atoms with Crippen molar-refractivity contribution in [3.63, 3.8) is 0 Å². The van der Waals surface area contributed by atoms with Crippen LogP contribution in [0.25, 0.3) is 0 Å². The van der Waals surface area contributed by atoms with Gasteiger partial charge in [0.25, 0.3) is 5.91 Å². The highest BCUT2D eigenvalue weighted by Gasteiger charge is 2.40. The highest BCUT2D eigenvalue weighted by Crippen LogP contribution is 2.31. The Balaban J connectivity index is 2.31. The Labute approximate surface area is 129 Å². The minimum absolute atomic E-state index is 0.0840. The summed E-state index contributed by atoms with van der Waals surface area (Å²) in [5, 5.41) is 9.35. The average molecular weight is 306 g/mol. The summed E-state index contributed by atoms with van der Waals surface area (Å²) in [5.74, 6) is -1.20. The van der Waals surface area contributed by atoms with E-state index in [2.05, 4.69) is 4.98 Å². The first-order valence-electron chi connectivity index (χ1n) is 7.40. The molecule has 2 rings (SSSR count). The quantitative estimate of drug-likeness (QED) is 0.837. The molecule has 6 heteroatoms. The summed E-state index contributed by atoms with van der Waals surface area (Å²) in [6, 6.07) is 0. The van der Waals surface area contributed by atoms with E-state index in [1.807, 2.05) is 0 Å². The molecule has 1 aromatic rings. The van der Waals surface area contributed by atoms with Gasteiger partial charge in [0.15, 0.2) is 5.78 Å². The Morgan fingerprint density at radius 1 is 1.27 bits per heavy atom. The number of carboxylic acid groups (broad SMARTS) is 1. The minimum atomic E-state index is -0.910. The monoisotopic (exact) mass is 306 g/mol. The molecule has 120 valence electrons.